The number of benzene rings is 1. The maximum Gasteiger partial charge on any atom is 0.194 e. The van der Waals surface area contributed by atoms with Crippen LogP contribution in [0.25, 0.3) is 0 Å². The second-order valence-corrected chi connectivity index (χ2v) is 5.01. The van der Waals surface area contributed by atoms with Gasteiger partial charge in [-0.1, -0.05) is 11.6 Å². The highest BCUT2D eigenvalue weighted by molar-refractivity contribution is 7.10. The minimum absolute atomic E-state index is 0.290. The molecule has 18 heavy (non-hydrogen) atoms. The van der Waals surface area contributed by atoms with Gasteiger partial charge in [0.1, 0.15) is 0 Å². The van der Waals surface area contributed by atoms with E-state index in [9.17, 15) is 13.2 Å². The van der Waals surface area contributed by atoms with E-state index in [4.69, 9.17) is 11.6 Å². The Bertz CT molecular complexity index is 547. The number of hydrogen-bond donors (Lipinski definition) is 1. The predicted octanol–water partition coefficient (Wildman–Crippen LogP) is 4.13. The van der Waals surface area contributed by atoms with Crippen molar-refractivity contribution >= 4 is 22.9 Å². The predicted molar refractivity (Wildman–Crippen MR) is 66.5 cm³/mol. The Morgan fingerprint density at radius 2 is 1.83 bits per heavy atom. The number of hydrogen-bond acceptors (Lipinski definition) is 2. The summed E-state index contributed by atoms with van der Waals surface area (Å²) in [5, 5.41) is 5.19. The monoisotopic (exact) mass is 291 g/mol. The Morgan fingerprint density at radius 1 is 1.22 bits per heavy atom. The van der Waals surface area contributed by atoms with Gasteiger partial charge in [0.05, 0.1) is 11.1 Å². The molecule has 1 aromatic heterocycles. The Morgan fingerprint density at radius 3 is 2.28 bits per heavy atom. The van der Waals surface area contributed by atoms with Gasteiger partial charge in [-0.05, 0) is 36.2 Å². The third-order valence-electron chi connectivity index (χ3n) is 2.54. The van der Waals surface area contributed by atoms with Crippen molar-refractivity contribution in [3.8, 4) is 0 Å². The smallest absolute Gasteiger partial charge is 0.194 e. The van der Waals surface area contributed by atoms with Gasteiger partial charge in [0, 0.05) is 4.88 Å². The fourth-order valence-electron chi connectivity index (χ4n) is 1.70. The van der Waals surface area contributed by atoms with Crippen LogP contribution in [0.5, 0.6) is 0 Å². The van der Waals surface area contributed by atoms with Gasteiger partial charge >= 0.3 is 0 Å². The molecule has 0 spiro atoms. The van der Waals surface area contributed by atoms with E-state index < -0.39 is 23.5 Å². The third kappa shape index (κ3) is 2.39. The van der Waals surface area contributed by atoms with E-state index in [-0.39, 0.29) is 0 Å². The van der Waals surface area contributed by atoms with Crippen LogP contribution < -0.4 is 5.32 Å². The number of thiophene rings is 1. The quantitative estimate of drug-likeness (QED) is 0.839. The Labute approximate surface area is 111 Å². The lowest BCUT2D eigenvalue weighted by Crippen LogP contribution is -2.17. The van der Waals surface area contributed by atoms with Gasteiger partial charge in [0.2, 0.25) is 0 Å². The van der Waals surface area contributed by atoms with Gasteiger partial charge < -0.3 is 5.32 Å². The Kier molecular flexibility index (Phi) is 3.94. The van der Waals surface area contributed by atoms with E-state index in [0.717, 1.165) is 17.0 Å². The molecular formula is C12H9ClF3NS. The first-order valence-corrected chi connectivity index (χ1v) is 6.35. The van der Waals surface area contributed by atoms with Gasteiger partial charge in [-0.15, -0.1) is 11.3 Å². The molecule has 1 N–H and O–H groups in total. The highest BCUT2D eigenvalue weighted by Gasteiger charge is 2.20. The molecular weight excluding hydrogens is 283 g/mol. The normalized spacial score (nSPS) is 12.7. The van der Waals surface area contributed by atoms with Crippen molar-refractivity contribution in [3.63, 3.8) is 0 Å². The molecule has 0 radical (unpaired) electrons. The Hall–Kier alpha value is -1.04. The SMILES string of the molecule is CNC(c1cc(F)c(F)c(F)c1)c1sccc1Cl. The van der Waals surface area contributed by atoms with E-state index >= 15 is 0 Å². The van der Waals surface area contributed by atoms with Crippen LogP contribution in [0.1, 0.15) is 16.5 Å². The van der Waals surface area contributed by atoms with Crippen LogP contribution in [-0.4, -0.2) is 7.05 Å². The first-order chi connectivity index (χ1) is 8.54. The van der Waals surface area contributed by atoms with Crippen molar-refractivity contribution < 1.29 is 13.2 Å². The lowest BCUT2D eigenvalue weighted by Gasteiger charge is -2.16. The maximum atomic E-state index is 13.2. The van der Waals surface area contributed by atoms with Gasteiger partial charge in [0.25, 0.3) is 0 Å². The summed E-state index contributed by atoms with van der Waals surface area (Å²) >= 11 is 7.34. The number of rotatable bonds is 3. The lowest BCUT2D eigenvalue weighted by atomic mass is 10.0. The second kappa shape index (κ2) is 5.30. The zero-order valence-electron chi connectivity index (χ0n) is 9.31. The zero-order valence-corrected chi connectivity index (χ0v) is 10.9. The topological polar surface area (TPSA) is 12.0 Å². The lowest BCUT2D eigenvalue weighted by molar-refractivity contribution is 0.443. The standard InChI is InChI=1S/C12H9ClF3NS/c1-17-11(12-7(13)2-3-18-12)6-4-8(14)10(16)9(15)5-6/h2-5,11,17H,1H3. The first-order valence-electron chi connectivity index (χ1n) is 5.09. The van der Waals surface area contributed by atoms with Crippen molar-refractivity contribution in [3.05, 3.63) is 56.5 Å². The van der Waals surface area contributed by atoms with Crippen molar-refractivity contribution in [1.29, 1.82) is 0 Å². The molecule has 96 valence electrons. The first kappa shape index (κ1) is 13.4. The number of halogens is 4. The summed E-state index contributed by atoms with van der Waals surface area (Å²) < 4.78 is 39.3. The van der Waals surface area contributed by atoms with Crippen molar-refractivity contribution in [2.75, 3.05) is 7.05 Å². The molecule has 0 fully saturated rings. The highest BCUT2D eigenvalue weighted by Crippen LogP contribution is 2.33. The van der Waals surface area contributed by atoms with E-state index in [1.165, 1.54) is 11.3 Å². The summed E-state index contributed by atoms with van der Waals surface area (Å²) in [4.78, 5) is 0.726. The zero-order chi connectivity index (χ0) is 13.3. The van der Waals surface area contributed by atoms with Crippen LogP contribution >= 0.6 is 22.9 Å². The van der Waals surface area contributed by atoms with Crippen LogP contribution in [0, 0.1) is 17.5 Å². The molecule has 0 aliphatic carbocycles. The molecule has 1 nitrogen and oxygen atoms in total. The minimum Gasteiger partial charge on any atom is -0.309 e. The molecule has 2 rings (SSSR count). The maximum absolute atomic E-state index is 13.2. The average molecular weight is 292 g/mol. The van der Waals surface area contributed by atoms with E-state index in [1.807, 2.05) is 0 Å². The molecule has 0 aliphatic heterocycles. The molecule has 0 saturated heterocycles. The summed E-state index contributed by atoms with van der Waals surface area (Å²) in [6.07, 6.45) is 0. The average Bonchev–Trinajstić information content (AvgIpc) is 2.74. The number of nitrogens with one attached hydrogen (secondary N) is 1. The van der Waals surface area contributed by atoms with Crippen LogP contribution in [0.3, 0.4) is 0 Å². The fourth-order valence-corrected chi connectivity index (χ4v) is 3.00. The van der Waals surface area contributed by atoms with Crippen molar-refractivity contribution in [1.82, 2.24) is 5.32 Å². The molecule has 0 bridgehead atoms. The largest absolute Gasteiger partial charge is 0.309 e. The van der Waals surface area contributed by atoms with Gasteiger partial charge in [0.15, 0.2) is 17.5 Å². The van der Waals surface area contributed by atoms with E-state index in [0.29, 0.717) is 10.6 Å². The van der Waals surface area contributed by atoms with Gasteiger partial charge in [-0.2, -0.15) is 0 Å². The molecule has 0 saturated carbocycles. The third-order valence-corrected chi connectivity index (χ3v) is 3.96. The summed E-state index contributed by atoms with van der Waals surface area (Å²) in [5.41, 5.74) is 0.290. The van der Waals surface area contributed by atoms with Gasteiger partial charge in [-0.3, -0.25) is 0 Å². The molecule has 0 amide bonds. The molecule has 0 aliphatic rings. The van der Waals surface area contributed by atoms with Crippen molar-refractivity contribution in [2.45, 2.75) is 6.04 Å². The van der Waals surface area contributed by atoms with E-state index in [1.54, 1.807) is 18.5 Å². The minimum atomic E-state index is -1.47. The summed E-state index contributed by atoms with van der Waals surface area (Å²) in [6, 6.07) is 3.16. The summed E-state index contributed by atoms with van der Waals surface area (Å²) in [5.74, 6) is -3.89. The summed E-state index contributed by atoms with van der Waals surface area (Å²) in [7, 11) is 1.64. The van der Waals surface area contributed by atoms with E-state index in [2.05, 4.69) is 5.32 Å². The second-order valence-electron chi connectivity index (χ2n) is 3.65. The molecule has 1 atom stereocenters. The summed E-state index contributed by atoms with van der Waals surface area (Å²) in [6.45, 7) is 0. The van der Waals surface area contributed by atoms with Crippen LogP contribution in [0.2, 0.25) is 5.02 Å². The van der Waals surface area contributed by atoms with Crippen LogP contribution in [-0.2, 0) is 0 Å². The molecule has 2 aromatic rings. The van der Waals surface area contributed by atoms with Gasteiger partial charge in [-0.25, -0.2) is 13.2 Å². The molecule has 1 aromatic carbocycles. The van der Waals surface area contributed by atoms with Crippen LogP contribution in [0.4, 0.5) is 13.2 Å². The van der Waals surface area contributed by atoms with Crippen molar-refractivity contribution in [2.24, 2.45) is 0 Å². The fraction of sp³-hybridized carbons (Fsp3) is 0.167. The Balaban J connectivity index is 2.49. The highest BCUT2D eigenvalue weighted by atomic mass is 35.5. The molecule has 6 heteroatoms. The van der Waals surface area contributed by atoms with Crippen LogP contribution in [0.15, 0.2) is 23.6 Å². The molecule has 1 heterocycles. The molecule has 1 unspecified atom stereocenters.